The van der Waals surface area contributed by atoms with Crippen molar-refractivity contribution < 1.29 is 13.2 Å². The minimum atomic E-state index is -3.21. The lowest BCUT2D eigenvalue weighted by atomic mass is 10.0. The van der Waals surface area contributed by atoms with Crippen LogP contribution in [0, 0.1) is 6.92 Å². The lowest BCUT2D eigenvalue weighted by Crippen LogP contribution is -2.31. The molecule has 0 aromatic heterocycles. The molecule has 2 rings (SSSR count). The maximum absolute atomic E-state index is 12.5. The fourth-order valence-electron chi connectivity index (χ4n) is 2.53. The van der Waals surface area contributed by atoms with Crippen molar-refractivity contribution in [1.82, 2.24) is 4.90 Å². The van der Waals surface area contributed by atoms with E-state index in [0.717, 1.165) is 16.7 Å². The van der Waals surface area contributed by atoms with E-state index in [1.807, 2.05) is 38.1 Å². The number of hydrogen-bond donors (Lipinski definition) is 0. The molecule has 128 valence electrons. The molecule has 0 saturated heterocycles. The van der Waals surface area contributed by atoms with Gasteiger partial charge in [0, 0.05) is 13.3 Å². The minimum Gasteiger partial charge on any atom is -0.339 e. The molecular formula is C19H23NO3S. The van der Waals surface area contributed by atoms with Gasteiger partial charge in [0.25, 0.3) is 0 Å². The summed E-state index contributed by atoms with van der Waals surface area (Å²) in [5, 5.41) is 0. The fourth-order valence-corrected chi connectivity index (χ4v) is 3.16. The quantitative estimate of drug-likeness (QED) is 0.836. The summed E-state index contributed by atoms with van der Waals surface area (Å²) in [6.45, 7) is 3.93. The van der Waals surface area contributed by atoms with Crippen LogP contribution in [0.1, 0.15) is 29.7 Å². The van der Waals surface area contributed by atoms with Crippen LogP contribution in [0.5, 0.6) is 0 Å². The van der Waals surface area contributed by atoms with Crippen LogP contribution in [0.2, 0.25) is 0 Å². The molecule has 2 aromatic carbocycles. The molecule has 0 spiro atoms. The van der Waals surface area contributed by atoms with Crippen molar-refractivity contribution in [2.24, 2.45) is 0 Å². The van der Waals surface area contributed by atoms with Gasteiger partial charge in [-0.2, -0.15) is 0 Å². The van der Waals surface area contributed by atoms with Crippen molar-refractivity contribution in [2.75, 3.05) is 13.3 Å². The highest BCUT2D eigenvalue weighted by Crippen LogP contribution is 2.22. The SMILES string of the molecule is Cc1ccccc1CC(=O)N(C)C(C)c1ccc(S(C)(=O)=O)cc1. The first-order chi connectivity index (χ1) is 11.2. The van der Waals surface area contributed by atoms with Gasteiger partial charge in [-0.15, -0.1) is 0 Å². The summed E-state index contributed by atoms with van der Waals surface area (Å²) in [6, 6.07) is 14.4. The first-order valence-corrected chi connectivity index (χ1v) is 9.69. The summed E-state index contributed by atoms with van der Waals surface area (Å²) in [6.07, 6.45) is 1.54. The van der Waals surface area contributed by atoms with E-state index in [9.17, 15) is 13.2 Å². The number of amides is 1. The monoisotopic (exact) mass is 345 g/mol. The molecule has 0 aliphatic rings. The van der Waals surface area contributed by atoms with E-state index in [1.165, 1.54) is 6.26 Å². The molecule has 1 amide bonds. The molecule has 0 N–H and O–H groups in total. The van der Waals surface area contributed by atoms with E-state index in [4.69, 9.17) is 0 Å². The number of benzene rings is 2. The van der Waals surface area contributed by atoms with E-state index in [1.54, 1.807) is 36.2 Å². The number of nitrogens with zero attached hydrogens (tertiary/aromatic N) is 1. The van der Waals surface area contributed by atoms with Gasteiger partial charge in [0.2, 0.25) is 5.91 Å². The molecule has 0 fully saturated rings. The Hall–Kier alpha value is -2.14. The molecule has 1 atom stereocenters. The van der Waals surface area contributed by atoms with Crippen molar-refractivity contribution in [3.05, 3.63) is 65.2 Å². The van der Waals surface area contributed by atoms with Crippen molar-refractivity contribution in [3.8, 4) is 0 Å². The topological polar surface area (TPSA) is 54.5 Å². The first kappa shape index (κ1) is 18.2. The highest BCUT2D eigenvalue weighted by atomic mass is 32.2. The summed E-state index contributed by atoms with van der Waals surface area (Å²) in [5.74, 6) is 0.0315. The summed E-state index contributed by atoms with van der Waals surface area (Å²) in [7, 11) is -1.43. The Morgan fingerprint density at radius 3 is 2.21 bits per heavy atom. The van der Waals surface area contributed by atoms with Gasteiger partial charge in [0.15, 0.2) is 9.84 Å². The second kappa shape index (κ2) is 7.18. The van der Waals surface area contributed by atoms with Gasteiger partial charge in [-0.3, -0.25) is 4.79 Å². The third kappa shape index (κ3) is 4.23. The molecule has 0 bridgehead atoms. The predicted octanol–water partition coefficient (Wildman–Crippen LogP) is 3.16. The van der Waals surface area contributed by atoms with Gasteiger partial charge >= 0.3 is 0 Å². The highest BCUT2D eigenvalue weighted by Gasteiger charge is 2.18. The van der Waals surface area contributed by atoms with E-state index in [2.05, 4.69) is 0 Å². The standard InChI is InChI=1S/C19H23NO3S/c1-14-7-5-6-8-17(14)13-19(21)20(3)15(2)16-9-11-18(12-10-16)24(4,22)23/h5-12,15H,13H2,1-4H3. The van der Waals surface area contributed by atoms with Crippen LogP contribution in [0.4, 0.5) is 0 Å². The minimum absolute atomic E-state index is 0.0315. The smallest absolute Gasteiger partial charge is 0.227 e. The molecule has 4 nitrogen and oxygen atoms in total. The number of carbonyl (C=O) groups excluding carboxylic acids is 1. The van der Waals surface area contributed by atoms with Gasteiger partial charge in [0.05, 0.1) is 17.4 Å². The molecule has 0 aliphatic heterocycles. The van der Waals surface area contributed by atoms with Crippen LogP contribution < -0.4 is 0 Å². The predicted molar refractivity (Wildman–Crippen MR) is 95.6 cm³/mol. The molecule has 0 radical (unpaired) electrons. The highest BCUT2D eigenvalue weighted by molar-refractivity contribution is 7.90. The third-order valence-corrected chi connectivity index (χ3v) is 5.50. The molecule has 0 aliphatic carbocycles. The number of aryl methyl sites for hydroxylation is 1. The Morgan fingerprint density at radius 2 is 1.67 bits per heavy atom. The zero-order valence-corrected chi connectivity index (χ0v) is 15.3. The number of likely N-dealkylation sites (N-methyl/N-ethyl adjacent to an activating group) is 1. The van der Waals surface area contributed by atoms with Crippen LogP contribution in [0.25, 0.3) is 0 Å². The maximum Gasteiger partial charge on any atom is 0.227 e. The number of hydrogen-bond acceptors (Lipinski definition) is 3. The molecular weight excluding hydrogens is 322 g/mol. The second-order valence-corrected chi connectivity index (χ2v) is 8.14. The zero-order valence-electron chi connectivity index (χ0n) is 14.5. The van der Waals surface area contributed by atoms with E-state index in [-0.39, 0.29) is 16.8 Å². The molecule has 24 heavy (non-hydrogen) atoms. The Kier molecular flexibility index (Phi) is 5.44. The molecule has 1 unspecified atom stereocenters. The molecule has 0 saturated carbocycles. The third-order valence-electron chi connectivity index (χ3n) is 4.37. The van der Waals surface area contributed by atoms with Gasteiger partial charge in [-0.1, -0.05) is 36.4 Å². The van der Waals surface area contributed by atoms with Crippen LogP contribution in [-0.4, -0.2) is 32.5 Å². The Bertz CT molecular complexity index is 826. The van der Waals surface area contributed by atoms with Gasteiger partial charge in [-0.05, 0) is 42.7 Å². The lowest BCUT2D eigenvalue weighted by molar-refractivity contribution is -0.131. The molecule has 2 aromatic rings. The van der Waals surface area contributed by atoms with Gasteiger partial charge in [-0.25, -0.2) is 8.42 Å². The zero-order chi connectivity index (χ0) is 17.9. The van der Waals surface area contributed by atoms with E-state index >= 15 is 0 Å². The summed E-state index contributed by atoms with van der Waals surface area (Å²) in [5.41, 5.74) is 3.03. The van der Waals surface area contributed by atoms with Crippen molar-refractivity contribution in [2.45, 2.75) is 31.2 Å². The van der Waals surface area contributed by atoms with Crippen LogP contribution >= 0.6 is 0 Å². The molecule has 5 heteroatoms. The summed E-state index contributed by atoms with van der Waals surface area (Å²) >= 11 is 0. The van der Waals surface area contributed by atoms with Crippen molar-refractivity contribution in [3.63, 3.8) is 0 Å². The Morgan fingerprint density at radius 1 is 1.08 bits per heavy atom. The van der Waals surface area contributed by atoms with Gasteiger partial charge < -0.3 is 4.90 Å². The van der Waals surface area contributed by atoms with Crippen LogP contribution in [-0.2, 0) is 21.1 Å². The van der Waals surface area contributed by atoms with E-state index < -0.39 is 9.84 Å². The van der Waals surface area contributed by atoms with Crippen LogP contribution in [0.3, 0.4) is 0 Å². The lowest BCUT2D eigenvalue weighted by Gasteiger charge is -2.26. The first-order valence-electron chi connectivity index (χ1n) is 7.80. The average Bonchev–Trinajstić information content (AvgIpc) is 2.55. The second-order valence-electron chi connectivity index (χ2n) is 6.13. The summed E-state index contributed by atoms with van der Waals surface area (Å²) in [4.78, 5) is 14.5. The van der Waals surface area contributed by atoms with Crippen LogP contribution in [0.15, 0.2) is 53.4 Å². The summed E-state index contributed by atoms with van der Waals surface area (Å²) < 4.78 is 23.1. The Labute approximate surface area is 144 Å². The number of carbonyl (C=O) groups is 1. The Balaban J connectivity index is 2.12. The molecule has 0 heterocycles. The van der Waals surface area contributed by atoms with Crippen molar-refractivity contribution >= 4 is 15.7 Å². The average molecular weight is 345 g/mol. The number of sulfone groups is 1. The maximum atomic E-state index is 12.5. The normalized spacial score (nSPS) is 12.7. The largest absolute Gasteiger partial charge is 0.339 e. The fraction of sp³-hybridized carbons (Fsp3) is 0.316. The number of rotatable bonds is 5. The van der Waals surface area contributed by atoms with E-state index in [0.29, 0.717) is 6.42 Å². The van der Waals surface area contributed by atoms with Crippen molar-refractivity contribution in [1.29, 1.82) is 0 Å². The van der Waals surface area contributed by atoms with Gasteiger partial charge in [0.1, 0.15) is 0 Å².